The lowest BCUT2D eigenvalue weighted by molar-refractivity contribution is -0.123. The molecule has 1 heterocycles. The molecule has 2 unspecified atom stereocenters. The van der Waals surface area contributed by atoms with Crippen molar-refractivity contribution in [2.75, 3.05) is 6.61 Å². The molecule has 0 radical (unpaired) electrons. The summed E-state index contributed by atoms with van der Waals surface area (Å²) in [6.45, 7) is 2.37. The van der Waals surface area contributed by atoms with Crippen molar-refractivity contribution in [1.29, 1.82) is 0 Å². The summed E-state index contributed by atoms with van der Waals surface area (Å²) in [5.41, 5.74) is 6.44. The maximum absolute atomic E-state index is 12.4. The van der Waals surface area contributed by atoms with Gasteiger partial charge in [-0.2, -0.15) is 0 Å². The Kier molecular flexibility index (Phi) is 4.45. The number of nitrogens with zero attached hydrogens (tertiary/aromatic N) is 1. The Balaban J connectivity index is 2.14. The zero-order valence-electron chi connectivity index (χ0n) is 11.4. The van der Waals surface area contributed by atoms with Gasteiger partial charge >= 0.3 is 0 Å². The minimum absolute atomic E-state index is 0.0150. The van der Waals surface area contributed by atoms with E-state index in [0.717, 1.165) is 11.3 Å². The van der Waals surface area contributed by atoms with E-state index >= 15 is 0 Å². The molecule has 0 saturated carbocycles. The summed E-state index contributed by atoms with van der Waals surface area (Å²) < 4.78 is 5.54. The molecule has 1 aromatic rings. The fraction of sp³-hybridized carbons (Fsp3) is 0.429. The summed E-state index contributed by atoms with van der Waals surface area (Å²) in [5, 5.41) is 14.5. The van der Waals surface area contributed by atoms with Crippen LogP contribution in [-0.2, 0) is 4.79 Å². The zero-order chi connectivity index (χ0) is 14.5. The molecular weight excluding hydrogens is 258 g/mol. The van der Waals surface area contributed by atoms with Crippen LogP contribution in [0.3, 0.4) is 0 Å². The van der Waals surface area contributed by atoms with Crippen LogP contribution in [-0.4, -0.2) is 29.6 Å². The van der Waals surface area contributed by atoms with Gasteiger partial charge in [0.2, 0.25) is 5.91 Å². The smallest absolute Gasteiger partial charge is 0.228 e. The molecule has 2 rings (SSSR count). The topological polar surface area (TPSA) is 96.9 Å². The monoisotopic (exact) mass is 277 g/mol. The van der Waals surface area contributed by atoms with E-state index in [2.05, 4.69) is 10.5 Å². The Hall–Kier alpha value is -2.24. The molecular formula is C14H19N3O3. The molecule has 4 N–H and O–H groups in total. The molecule has 6 heteroatoms. The van der Waals surface area contributed by atoms with E-state index in [1.165, 1.54) is 0 Å². The van der Waals surface area contributed by atoms with Crippen molar-refractivity contribution in [2.24, 2.45) is 10.9 Å². The third-order valence-electron chi connectivity index (χ3n) is 3.47. The van der Waals surface area contributed by atoms with E-state index in [1.54, 1.807) is 0 Å². The molecule has 1 amide bonds. The van der Waals surface area contributed by atoms with E-state index in [0.29, 0.717) is 19.4 Å². The summed E-state index contributed by atoms with van der Waals surface area (Å²) in [6.07, 6.45) is 1.18. The van der Waals surface area contributed by atoms with E-state index < -0.39 is 6.04 Å². The number of amidine groups is 1. The van der Waals surface area contributed by atoms with Crippen molar-refractivity contribution >= 4 is 11.7 Å². The highest BCUT2D eigenvalue weighted by Crippen LogP contribution is 2.33. The number of para-hydroxylation sites is 1. The Morgan fingerprint density at radius 1 is 1.60 bits per heavy atom. The molecule has 0 aromatic heterocycles. The maximum Gasteiger partial charge on any atom is 0.228 e. The summed E-state index contributed by atoms with van der Waals surface area (Å²) in [5.74, 6) is 0.372. The Bertz CT molecular complexity index is 516. The first-order valence-electron chi connectivity index (χ1n) is 6.66. The molecule has 0 bridgehead atoms. The maximum atomic E-state index is 12.4. The molecule has 0 fully saturated rings. The average molecular weight is 277 g/mol. The number of hydrogen-bond donors (Lipinski definition) is 3. The second-order valence-electron chi connectivity index (χ2n) is 4.72. The number of carbonyl (C=O) groups excluding carboxylic acids is 1. The van der Waals surface area contributed by atoms with Crippen molar-refractivity contribution in [1.82, 2.24) is 5.32 Å². The van der Waals surface area contributed by atoms with Gasteiger partial charge in [-0.1, -0.05) is 30.3 Å². The van der Waals surface area contributed by atoms with E-state index in [9.17, 15) is 4.79 Å². The van der Waals surface area contributed by atoms with Crippen LogP contribution in [0.25, 0.3) is 0 Å². The number of carbonyl (C=O) groups is 1. The van der Waals surface area contributed by atoms with Crippen LogP contribution in [0.5, 0.6) is 5.75 Å². The summed E-state index contributed by atoms with van der Waals surface area (Å²) >= 11 is 0. The Labute approximate surface area is 117 Å². The number of amides is 1. The number of nitrogens with one attached hydrogen (secondary N) is 1. The van der Waals surface area contributed by atoms with Gasteiger partial charge in [-0.25, -0.2) is 0 Å². The summed E-state index contributed by atoms with van der Waals surface area (Å²) in [7, 11) is 0. The van der Waals surface area contributed by atoms with Crippen molar-refractivity contribution < 1.29 is 14.7 Å². The molecule has 2 atom stereocenters. The predicted octanol–water partition coefficient (Wildman–Crippen LogP) is 1.19. The summed E-state index contributed by atoms with van der Waals surface area (Å²) in [6, 6.07) is 7.06. The van der Waals surface area contributed by atoms with Crippen LogP contribution >= 0.6 is 0 Å². The molecule has 6 nitrogen and oxygen atoms in total. The molecule has 0 spiro atoms. The number of benzene rings is 1. The van der Waals surface area contributed by atoms with Gasteiger partial charge < -0.3 is 21.0 Å². The van der Waals surface area contributed by atoms with Crippen LogP contribution in [0.1, 0.15) is 31.2 Å². The van der Waals surface area contributed by atoms with Gasteiger partial charge in [-0.05, 0) is 18.9 Å². The predicted molar refractivity (Wildman–Crippen MR) is 74.9 cm³/mol. The standard InChI is InChI=1S/C14H19N3O3/c1-2-11(13(15)17-19)16-14(18)10-7-8-20-12-6-4-3-5-9(10)12/h3-6,10-11,19H,2,7-8H2,1H3,(H2,15,17)(H,16,18). The Morgan fingerprint density at radius 3 is 3.05 bits per heavy atom. The highest BCUT2D eigenvalue weighted by atomic mass is 16.5. The van der Waals surface area contributed by atoms with Crippen molar-refractivity contribution in [3.8, 4) is 5.75 Å². The normalized spacial score (nSPS) is 19.6. The minimum atomic E-state index is -0.456. The number of oxime groups is 1. The lowest BCUT2D eigenvalue weighted by Gasteiger charge is -2.26. The van der Waals surface area contributed by atoms with Crippen molar-refractivity contribution in [3.05, 3.63) is 29.8 Å². The fourth-order valence-electron chi connectivity index (χ4n) is 2.34. The molecule has 1 aliphatic rings. The molecule has 1 aromatic carbocycles. The quantitative estimate of drug-likeness (QED) is 0.333. The highest BCUT2D eigenvalue weighted by Gasteiger charge is 2.29. The third kappa shape index (κ3) is 2.84. The summed E-state index contributed by atoms with van der Waals surface area (Å²) in [4.78, 5) is 12.4. The van der Waals surface area contributed by atoms with Crippen LogP contribution in [0.2, 0.25) is 0 Å². The molecule has 0 saturated heterocycles. The van der Waals surface area contributed by atoms with Crippen LogP contribution < -0.4 is 15.8 Å². The van der Waals surface area contributed by atoms with Crippen LogP contribution in [0.15, 0.2) is 29.4 Å². The number of hydrogen-bond acceptors (Lipinski definition) is 4. The highest BCUT2D eigenvalue weighted by molar-refractivity contribution is 5.92. The molecule has 20 heavy (non-hydrogen) atoms. The fourth-order valence-corrected chi connectivity index (χ4v) is 2.34. The SMILES string of the molecule is CCC(NC(=O)C1CCOc2ccccc21)C(N)=NO. The second-order valence-corrected chi connectivity index (χ2v) is 4.72. The van der Waals surface area contributed by atoms with Gasteiger partial charge in [0, 0.05) is 5.56 Å². The third-order valence-corrected chi connectivity index (χ3v) is 3.47. The van der Waals surface area contributed by atoms with Crippen LogP contribution in [0, 0.1) is 0 Å². The Morgan fingerprint density at radius 2 is 2.35 bits per heavy atom. The number of rotatable bonds is 4. The molecule has 108 valence electrons. The van der Waals surface area contributed by atoms with Crippen molar-refractivity contribution in [2.45, 2.75) is 31.7 Å². The van der Waals surface area contributed by atoms with Crippen LogP contribution in [0.4, 0.5) is 0 Å². The first-order valence-corrected chi connectivity index (χ1v) is 6.66. The van der Waals surface area contributed by atoms with Gasteiger partial charge in [0.25, 0.3) is 0 Å². The zero-order valence-corrected chi connectivity index (χ0v) is 11.4. The van der Waals surface area contributed by atoms with E-state index in [-0.39, 0.29) is 17.7 Å². The molecule has 0 aliphatic carbocycles. The number of fused-ring (bicyclic) bond motifs is 1. The van der Waals surface area contributed by atoms with E-state index in [4.69, 9.17) is 15.7 Å². The first-order chi connectivity index (χ1) is 9.67. The largest absolute Gasteiger partial charge is 0.493 e. The van der Waals surface area contributed by atoms with Gasteiger partial charge in [0.05, 0.1) is 18.6 Å². The number of ether oxygens (including phenoxy) is 1. The van der Waals surface area contributed by atoms with Gasteiger partial charge in [0.1, 0.15) is 5.75 Å². The minimum Gasteiger partial charge on any atom is -0.493 e. The number of nitrogens with two attached hydrogens (primary N) is 1. The lowest BCUT2D eigenvalue weighted by Crippen LogP contribution is -2.46. The lowest BCUT2D eigenvalue weighted by atomic mass is 9.92. The van der Waals surface area contributed by atoms with E-state index in [1.807, 2.05) is 31.2 Å². The molecule has 1 aliphatic heterocycles. The first kappa shape index (κ1) is 14.2. The second kappa shape index (κ2) is 6.27. The van der Waals surface area contributed by atoms with Gasteiger partial charge in [-0.3, -0.25) is 4.79 Å². The average Bonchev–Trinajstić information content (AvgIpc) is 2.51. The van der Waals surface area contributed by atoms with Crippen molar-refractivity contribution in [3.63, 3.8) is 0 Å². The van der Waals surface area contributed by atoms with Gasteiger partial charge in [0.15, 0.2) is 5.84 Å². The van der Waals surface area contributed by atoms with Gasteiger partial charge in [-0.15, -0.1) is 0 Å².